The molecule has 1 saturated heterocycles. The lowest BCUT2D eigenvalue weighted by Crippen LogP contribution is -2.39. The molecule has 2 heterocycles. The van der Waals surface area contributed by atoms with E-state index in [4.69, 9.17) is 4.98 Å². The Labute approximate surface area is 171 Å². The van der Waals surface area contributed by atoms with Gasteiger partial charge in [0.05, 0.1) is 0 Å². The number of likely N-dealkylation sites (tertiary alicyclic amines) is 1. The molecular formula is C25H25FN2O. The molecule has 0 radical (unpaired) electrons. The number of rotatable bonds is 4. The van der Waals surface area contributed by atoms with E-state index in [0.717, 1.165) is 41.9 Å². The number of carbonyl (C=O) groups excluding carboxylic acids is 1. The zero-order valence-corrected chi connectivity index (χ0v) is 16.6. The molecule has 0 aliphatic carbocycles. The maximum Gasteiger partial charge on any atom is 0.253 e. The smallest absolute Gasteiger partial charge is 0.253 e. The van der Waals surface area contributed by atoms with Crippen molar-refractivity contribution in [3.63, 3.8) is 0 Å². The maximum atomic E-state index is 14.1. The Morgan fingerprint density at radius 2 is 1.86 bits per heavy atom. The highest BCUT2D eigenvalue weighted by molar-refractivity contribution is 5.94. The van der Waals surface area contributed by atoms with Crippen molar-refractivity contribution in [2.75, 3.05) is 13.1 Å². The molecule has 0 bridgehead atoms. The average molecular weight is 388 g/mol. The number of piperidine rings is 1. The largest absolute Gasteiger partial charge is 0.338 e. The second-order valence-electron chi connectivity index (χ2n) is 7.77. The van der Waals surface area contributed by atoms with Crippen molar-refractivity contribution in [1.29, 1.82) is 0 Å². The molecule has 3 aromatic rings. The van der Waals surface area contributed by atoms with Gasteiger partial charge in [-0.05, 0) is 61.2 Å². The van der Waals surface area contributed by atoms with E-state index in [-0.39, 0.29) is 17.6 Å². The van der Waals surface area contributed by atoms with E-state index in [1.807, 2.05) is 60.4 Å². The van der Waals surface area contributed by atoms with Gasteiger partial charge in [-0.3, -0.25) is 9.78 Å². The molecule has 0 saturated carbocycles. The molecule has 1 atom stereocenters. The summed E-state index contributed by atoms with van der Waals surface area (Å²) < 4.78 is 14.1. The van der Waals surface area contributed by atoms with Crippen LogP contribution in [0.4, 0.5) is 4.39 Å². The molecule has 1 aliphatic rings. The van der Waals surface area contributed by atoms with Crippen molar-refractivity contribution in [2.45, 2.75) is 32.1 Å². The molecule has 29 heavy (non-hydrogen) atoms. The molecule has 1 aromatic heterocycles. The molecule has 4 heteroatoms. The monoisotopic (exact) mass is 388 g/mol. The standard InChI is InChI=1S/C25H25FN2O/c1-18-14-19(15-21-10-5-6-12-23(21)26)16-24(27-18)22-11-7-13-28(17-22)25(29)20-8-3-2-4-9-20/h2-6,8-10,12,14,16,22H,7,11,13,15,17H2,1H3/t22-/m1/s1. The average Bonchev–Trinajstić information content (AvgIpc) is 2.75. The summed E-state index contributed by atoms with van der Waals surface area (Å²) in [4.78, 5) is 19.5. The van der Waals surface area contributed by atoms with Gasteiger partial charge in [0.2, 0.25) is 0 Å². The van der Waals surface area contributed by atoms with Crippen molar-refractivity contribution in [3.8, 4) is 0 Å². The van der Waals surface area contributed by atoms with Crippen molar-refractivity contribution >= 4 is 5.91 Å². The fourth-order valence-electron chi connectivity index (χ4n) is 4.11. The van der Waals surface area contributed by atoms with Crippen LogP contribution in [0, 0.1) is 12.7 Å². The fourth-order valence-corrected chi connectivity index (χ4v) is 4.11. The first-order valence-corrected chi connectivity index (χ1v) is 10.2. The summed E-state index contributed by atoms with van der Waals surface area (Å²) in [6.07, 6.45) is 2.51. The molecule has 0 unspecified atom stereocenters. The van der Waals surface area contributed by atoms with Crippen LogP contribution in [0.25, 0.3) is 0 Å². The number of nitrogens with zero attached hydrogens (tertiary/aromatic N) is 2. The molecule has 1 fully saturated rings. The van der Waals surface area contributed by atoms with Gasteiger partial charge in [0.1, 0.15) is 5.82 Å². The summed E-state index contributed by atoms with van der Waals surface area (Å²) >= 11 is 0. The molecule has 0 spiro atoms. The summed E-state index contributed by atoms with van der Waals surface area (Å²) in [6, 6.07) is 20.4. The predicted molar refractivity (Wildman–Crippen MR) is 113 cm³/mol. The normalized spacial score (nSPS) is 16.6. The molecule has 0 N–H and O–H groups in total. The third-order valence-corrected chi connectivity index (χ3v) is 5.53. The highest BCUT2D eigenvalue weighted by Crippen LogP contribution is 2.28. The van der Waals surface area contributed by atoms with Crippen LogP contribution in [0.1, 0.15) is 51.6 Å². The van der Waals surface area contributed by atoms with Gasteiger partial charge in [0, 0.05) is 42.4 Å². The molecule has 2 aromatic carbocycles. The summed E-state index contributed by atoms with van der Waals surface area (Å²) in [7, 11) is 0. The fraction of sp³-hybridized carbons (Fsp3) is 0.280. The zero-order valence-electron chi connectivity index (χ0n) is 16.6. The Balaban J connectivity index is 1.54. The van der Waals surface area contributed by atoms with Gasteiger partial charge in [-0.2, -0.15) is 0 Å². The maximum absolute atomic E-state index is 14.1. The number of carbonyl (C=O) groups is 1. The minimum Gasteiger partial charge on any atom is -0.338 e. The van der Waals surface area contributed by atoms with E-state index in [9.17, 15) is 9.18 Å². The van der Waals surface area contributed by atoms with Gasteiger partial charge in [-0.1, -0.05) is 36.4 Å². The number of benzene rings is 2. The van der Waals surface area contributed by atoms with Crippen LogP contribution in [0.2, 0.25) is 0 Å². The Morgan fingerprint density at radius 3 is 2.66 bits per heavy atom. The Bertz CT molecular complexity index is 1000. The minimum atomic E-state index is -0.180. The quantitative estimate of drug-likeness (QED) is 0.620. The van der Waals surface area contributed by atoms with E-state index in [2.05, 4.69) is 6.07 Å². The molecular weight excluding hydrogens is 363 g/mol. The van der Waals surface area contributed by atoms with Crippen LogP contribution in [0.15, 0.2) is 66.7 Å². The Morgan fingerprint density at radius 1 is 1.10 bits per heavy atom. The van der Waals surface area contributed by atoms with Crippen molar-refractivity contribution < 1.29 is 9.18 Å². The Kier molecular flexibility index (Phi) is 5.70. The lowest BCUT2D eigenvalue weighted by atomic mass is 9.92. The third kappa shape index (κ3) is 4.53. The number of hydrogen-bond acceptors (Lipinski definition) is 2. The number of aromatic nitrogens is 1. The van der Waals surface area contributed by atoms with Crippen LogP contribution < -0.4 is 0 Å². The number of amides is 1. The van der Waals surface area contributed by atoms with Gasteiger partial charge in [-0.25, -0.2) is 4.39 Å². The lowest BCUT2D eigenvalue weighted by molar-refractivity contribution is 0.0706. The number of aryl methyl sites for hydroxylation is 1. The van der Waals surface area contributed by atoms with Crippen molar-refractivity contribution in [1.82, 2.24) is 9.88 Å². The van der Waals surface area contributed by atoms with Gasteiger partial charge in [-0.15, -0.1) is 0 Å². The van der Waals surface area contributed by atoms with Crippen molar-refractivity contribution in [3.05, 3.63) is 101 Å². The third-order valence-electron chi connectivity index (χ3n) is 5.53. The first-order valence-electron chi connectivity index (χ1n) is 10.2. The van der Waals surface area contributed by atoms with Crippen LogP contribution in [-0.4, -0.2) is 28.9 Å². The first-order chi connectivity index (χ1) is 14.1. The Hall–Kier alpha value is -3.01. The highest BCUT2D eigenvalue weighted by Gasteiger charge is 2.26. The van der Waals surface area contributed by atoms with Crippen LogP contribution in [0.3, 0.4) is 0 Å². The van der Waals surface area contributed by atoms with Gasteiger partial charge < -0.3 is 4.90 Å². The second kappa shape index (κ2) is 8.56. The van der Waals surface area contributed by atoms with E-state index < -0.39 is 0 Å². The topological polar surface area (TPSA) is 33.2 Å². The summed E-state index contributed by atoms with van der Waals surface area (Å²) in [6.45, 7) is 3.42. The predicted octanol–water partition coefficient (Wildman–Crippen LogP) is 5.14. The van der Waals surface area contributed by atoms with E-state index in [1.54, 1.807) is 6.07 Å². The number of halogens is 1. The van der Waals surface area contributed by atoms with E-state index in [1.165, 1.54) is 6.07 Å². The van der Waals surface area contributed by atoms with Crippen LogP contribution in [-0.2, 0) is 6.42 Å². The first kappa shape index (κ1) is 19.3. The van der Waals surface area contributed by atoms with Crippen molar-refractivity contribution in [2.24, 2.45) is 0 Å². The van der Waals surface area contributed by atoms with Gasteiger partial charge in [0.15, 0.2) is 0 Å². The zero-order chi connectivity index (χ0) is 20.2. The molecule has 3 nitrogen and oxygen atoms in total. The summed E-state index contributed by atoms with van der Waals surface area (Å²) in [5, 5.41) is 0. The van der Waals surface area contributed by atoms with E-state index >= 15 is 0 Å². The molecule has 1 amide bonds. The SMILES string of the molecule is Cc1cc(Cc2ccccc2F)cc([C@@H]2CCCN(C(=O)c3ccccc3)C2)n1. The molecule has 1 aliphatic heterocycles. The summed E-state index contributed by atoms with van der Waals surface area (Å²) in [5.74, 6) is 0.103. The second-order valence-corrected chi connectivity index (χ2v) is 7.77. The van der Waals surface area contributed by atoms with Gasteiger partial charge >= 0.3 is 0 Å². The molecule has 148 valence electrons. The number of hydrogen-bond donors (Lipinski definition) is 0. The summed E-state index contributed by atoms with van der Waals surface area (Å²) in [5.41, 5.74) is 4.41. The van der Waals surface area contributed by atoms with Crippen LogP contribution in [0.5, 0.6) is 0 Å². The lowest BCUT2D eigenvalue weighted by Gasteiger charge is -2.33. The van der Waals surface area contributed by atoms with Gasteiger partial charge in [0.25, 0.3) is 5.91 Å². The van der Waals surface area contributed by atoms with Crippen LogP contribution >= 0.6 is 0 Å². The molecule has 4 rings (SSSR count). The highest BCUT2D eigenvalue weighted by atomic mass is 19.1. The number of pyridine rings is 1. The van der Waals surface area contributed by atoms with E-state index in [0.29, 0.717) is 18.5 Å². The minimum absolute atomic E-state index is 0.0783.